The molecule has 124 valence electrons. The summed E-state index contributed by atoms with van der Waals surface area (Å²) in [4.78, 5) is 11.5. The third kappa shape index (κ3) is 4.07. The normalized spacial score (nSPS) is 25.6. The molecule has 2 fully saturated rings. The molecule has 1 aliphatic heterocycles. The number of ether oxygens (including phenoxy) is 1. The Kier molecular flexibility index (Phi) is 6.52. The van der Waals surface area contributed by atoms with Crippen LogP contribution in [0, 0.1) is 25.3 Å². The number of benzene rings is 1. The van der Waals surface area contributed by atoms with Crippen LogP contribution in [0.15, 0.2) is 24.3 Å². The fourth-order valence-electron chi connectivity index (χ4n) is 3.95. The molecule has 1 heterocycles. The van der Waals surface area contributed by atoms with Crippen molar-refractivity contribution < 1.29 is 9.53 Å². The van der Waals surface area contributed by atoms with Gasteiger partial charge in [-0.3, -0.25) is 4.79 Å². The van der Waals surface area contributed by atoms with Gasteiger partial charge in [0, 0.05) is 12.1 Å². The Morgan fingerprint density at radius 3 is 2.70 bits per heavy atom. The van der Waals surface area contributed by atoms with E-state index in [2.05, 4.69) is 46.9 Å². The second kappa shape index (κ2) is 8.62. The summed E-state index contributed by atoms with van der Waals surface area (Å²) < 4.78 is 4.15. The van der Waals surface area contributed by atoms with Crippen LogP contribution >= 0.6 is 0 Å². The van der Waals surface area contributed by atoms with Gasteiger partial charge in [-0.1, -0.05) is 43.5 Å². The van der Waals surface area contributed by atoms with E-state index >= 15 is 0 Å². The standard InChI is InChI=1S/C17H21N.C3H6O2/c1-3-18-16-11-7-5-9-14(16)12-17(18)15-10-6-4-8-13(15)2;1-2-5-3-4/h1,4,6,8,10,14,16-17H,5,7,9,11-12H2,2H3;3H,2H2,1H3. The Morgan fingerprint density at radius 1 is 1.35 bits per heavy atom. The lowest BCUT2D eigenvalue weighted by molar-refractivity contribution is -0.128. The topological polar surface area (TPSA) is 29.5 Å². The smallest absolute Gasteiger partial charge is 0.293 e. The third-order valence-corrected chi connectivity index (χ3v) is 5.02. The van der Waals surface area contributed by atoms with Gasteiger partial charge in [-0.25, -0.2) is 0 Å². The molecule has 3 rings (SSSR count). The average Bonchev–Trinajstić information content (AvgIpc) is 2.95. The van der Waals surface area contributed by atoms with Crippen LogP contribution in [-0.2, 0) is 9.53 Å². The molecule has 2 aliphatic rings. The lowest BCUT2D eigenvalue weighted by Crippen LogP contribution is -2.32. The first-order valence-corrected chi connectivity index (χ1v) is 8.58. The first-order chi connectivity index (χ1) is 11.2. The zero-order chi connectivity index (χ0) is 16.7. The predicted octanol–water partition coefficient (Wildman–Crippen LogP) is 4.07. The first kappa shape index (κ1) is 17.4. The summed E-state index contributed by atoms with van der Waals surface area (Å²) >= 11 is 0. The lowest BCUT2D eigenvalue weighted by Gasteiger charge is -2.31. The number of hydrogen-bond donors (Lipinski definition) is 0. The fraction of sp³-hybridized carbons (Fsp3) is 0.550. The number of terminal acetylenes is 1. The average molecular weight is 313 g/mol. The number of rotatable bonds is 3. The highest BCUT2D eigenvalue weighted by atomic mass is 16.5. The van der Waals surface area contributed by atoms with Crippen molar-refractivity contribution in [3.8, 4) is 12.5 Å². The van der Waals surface area contributed by atoms with Crippen molar-refractivity contribution in [1.29, 1.82) is 0 Å². The Balaban J connectivity index is 0.000000338. The third-order valence-electron chi connectivity index (χ3n) is 5.02. The Hall–Kier alpha value is -1.95. The van der Waals surface area contributed by atoms with E-state index in [1.807, 2.05) is 0 Å². The molecule has 0 N–H and O–H groups in total. The van der Waals surface area contributed by atoms with Crippen LogP contribution in [0.4, 0.5) is 0 Å². The van der Waals surface area contributed by atoms with E-state index in [-0.39, 0.29) is 0 Å². The molecule has 0 aromatic heterocycles. The van der Waals surface area contributed by atoms with E-state index in [0.717, 1.165) is 5.92 Å². The zero-order valence-corrected chi connectivity index (χ0v) is 14.2. The van der Waals surface area contributed by atoms with Gasteiger partial charge in [0.2, 0.25) is 0 Å². The number of carbonyl (C=O) groups excluding carboxylic acids is 1. The number of hydrogen-bond acceptors (Lipinski definition) is 3. The molecule has 3 heteroatoms. The molecule has 23 heavy (non-hydrogen) atoms. The van der Waals surface area contributed by atoms with E-state index in [1.54, 1.807) is 6.92 Å². The molecular formula is C20H27NO2. The molecule has 3 atom stereocenters. The SMILES string of the molecule is C#CN1C(c2ccccc2C)CC2CCCCC21.CCOC=O. The van der Waals surface area contributed by atoms with Crippen molar-refractivity contribution in [2.24, 2.45) is 5.92 Å². The highest BCUT2D eigenvalue weighted by Gasteiger charge is 2.41. The van der Waals surface area contributed by atoms with Crippen molar-refractivity contribution in [3.63, 3.8) is 0 Å². The lowest BCUT2D eigenvalue weighted by atomic mass is 9.84. The molecule has 1 saturated heterocycles. The van der Waals surface area contributed by atoms with Crippen LogP contribution in [0.25, 0.3) is 0 Å². The molecule has 1 saturated carbocycles. The number of carbonyl (C=O) groups is 1. The second-order valence-corrected chi connectivity index (χ2v) is 6.31. The van der Waals surface area contributed by atoms with Crippen LogP contribution in [0.5, 0.6) is 0 Å². The van der Waals surface area contributed by atoms with Gasteiger partial charge in [0.1, 0.15) is 0 Å². The van der Waals surface area contributed by atoms with Gasteiger partial charge >= 0.3 is 0 Å². The van der Waals surface area contributed by atoms with Gasteiger partial charge in [-0.2, -0.15) is 0 Å². The highest BCUT2D eigenvalue weighted by molar-refractivity contribution is 5.36. The maximum atomic E-state index is 9.18. The zero-order valence-electron chi connectivity index (χ0n) is 14.2. The van der Waals surface area contributed by atoms with Gasteiger partial charge in [0.25, 0.3) is 6.47 Å². The highest BCUT2D eigenvalue weighted by Crippen LogP contribution is 2.46. The van der Waals surface area contributed by atoms with Crippen LogP contribution < -0.4 is 0 Å². The quantitative estimate of drug-likeness (QED) is 0.622. The van der Waals surface area contributed by atoms with Gasteiger partial charge in [-0.05, 0) is 50.2 Å². The van der Waals surface area contributed by atoms with Crippen LogP contribution in [0.2, 0.25) is 0 Å². The molecule has 3 nitrogen and oxygen atoms in total. The van der Waals surface area contributed by atoms with E-state index in [4.69, 9.17) is 6.42 Å². The van der Waals surface area contributed by atoms with Crippen LogP contribution in [0.3, 0.4) is 0 Å². The van der Waals surface area contributed by atoms with E-state index < -0.39 is 0 Å². The van der Waals surface area contributed by atoms with E-state index in [0.29, 0.717) is 25.2 Å². The number of likely N-dealkylation sites (tertiary alicyclic amines) is 1. The summed E-state index contributed by atoms with van der Waals surface area (Å²) in [6.45, 7) is 4.86. The molecule has 1 aliphatic carbocycles. The molecule has 3 unspecified atom stereocenters. The van der Waals surface area contributed by atoms with Gasteiger partial charge in [-0.15, -0.1) is 0 Å². The summed E-state index contributed by atoms with van der Waals surface area (Å²) in [7, 11) is 0. The number of fused-ring (bicyclic) bond motifs is 1. The summed E-state index contributed by atoms with van der Waals surface area (Å²) in [6.07, 6.45) is 12.4. The first-order valence-electron chi connectivity index (χ1n) is 8.58. The van der Waals surface area contributed by atoms with E-state index in [1.165, 1.54) is 43.2 Å². The summed E-state index contributed by atoms with van der Waals surface area (Å²) in [5.41, 5.74) is 2.81. The summed E-state index contributed by atoms with van der Waals surface area (Å²) in [5.74, 6) is 0.819. The minimum atomic E-state index is 0.431. The maximum absolute atomic E-state index is 9.18. The molecule has 0 radical (unpaired) electrons. The van der Waals surface area contributed by atoms with Crippen LogP contribution in [-0.4, -0.2) is 24.0 Å². The van der Waals surface area contributed by atoms with Crippen molar-refractivity contribution in [2.45, 2.75) is 58.0 Å². The second-order valence-electron chi connectivity index (χ2n) is 6.31. The summed E-state index contributed by atoms with van der Waals surface area (Å²) in [5, 5.41) is 0. The number of nitrogens with zero attached hydrogens (tertiary/aromatic N) is 1. The van der Waals surface area contributed by atoms with Crippen molar-refractivity contribution in [1.82, 2.24) is 4.90 Å². The summed E-state index contributed by atoms with van der Waals surface area (Å²) in [6, 6.07) is 12.8. The van der Waals surface area contributed by atoms with E-state index in [9.17, 15) is 4.79 Å². The largest absolute Gasteiger partial charge is 0.468 e. The molecule has 0 bridgehead atoms. The Labute approximate surface area is 140 Å². The predicted molar refractivity (Wildman–Crippen MR) is 92.6 cm³/mol. The van der Waals surface area contributed by atoms with Crippen molar-refractivity contribution in [2.75, 3.05) is 6.61 Å². The maximum Gasteiger partial charge on any atom is 0.293 e. The molecule has 1 aromatic rings. The van der Waals surface area contributed by atoms with Gasteiger partial charge in [0.05, 0.1) is 12.6 Å². The Bertz CT molecular complexity index is 549. The van der Waals surface area contributed by atoms with Crippen molar-refractivity contribution >= 4 is 6.47 Å². The van der Waals surface area contributed by atoms with Gasteiger partial charge in [0.15, 0.2) is 0 Å². The molecule has 0 spiro atoms. The molecular weight excluding hydrogens is 286 g/mol. The fourth-order valence-corrected chi connectivity index (χ4v) is 3.95. The van der Waals surface area contributed by atoms with Gasteiger partial charge < -0.3 is 9.64 Å². The monoisotopic (exact) mass is 313 g/mol. The minimum absolute atomic E-state index is 0.431. The molecule has 0 amide bonds. The molecule has 1 aromatic carbocycles. The minimum Gasteiger partial charge on any atom is -0.468 e. The number of aryl methyl sites for hydroxylation is 1. The Morgan fingerprint density at radius 2 is 2.09 bits per heavy atom. The van der Waals surface area contributed by atoms with Crippen LogP contribution in [0.1, 0.15) is 56.2 Å². The van der Waals surface area contributed by atoms with Crippen molar-refractivity contribution in [3.05, 3.63) is 35.4 Å².